The van der Waals surface area contributed by atoms with Gasteiger partial charge in [-0.3, -0.25) is 9.36 Å². The van der Waals surface area contributed by atoms with Crippen molar-refractivity contribution in [3.63, 3.8) is 0 Å². The predicted molar refractivity (Wildman–Crippen MR) is 134 cm³/mol. The largest absolute Gasteiger partial charge is 0.497 e. The normalized spacial score (nSPS) is 19.2. The van der Waals surface area contributed by atoms with Gasteiger partial charge < -0.3 is 14.2 Å². The van der Waals surface area contributed by atoms with Crippen LogP contribution < -0.4 is 24.4 Å². The lowest BCUT2D eigenvalue weighted by molar-refractivity contribution is -0.136. The van der Waals surface area contributed by atoms with E-state index >= 15 is 0 Å². The van der Waals surface area contributed by atoms with Gasteiger partial charge in [0.05, 0.1) is 36.1 Å². The number of esters is 1. The van der Waals surface area contributed by atoms with Gasteiger partial charge in [0.1, 0.15) is 17.6 Å². The molecule has 0 radical (unpaired) electrons. The van der Waals surface area contributed by atoms with Crippen molar-refractivity contribution < 1.29 is 19.0 Å². The van der Waals surface area contributed by atoms with Crippen LogP contribution in [0.25, 0.3) is 12.2 Å². The number of carbonyl (C=O) groups is 1. The Balaban J connectivity index is 1.69. The van der Waals surface area contributed by atoms with E-state index in [1.165, 1.54) is 18.4 Å². The summed E-state index contributed by atoms with van der Waals surface area (Å²) in [6, 6.07) is 14.4. The molecule has 0 saturated heterocycles. The minimum Gasteiger partial charge on any atom is -0.497 e. The van der Waals surface area contributed by atoms with E-state index in [0.29, 0.717) is 26.4 Å². The van der Waals surface area contributed by atoms with Crippen molar-refractivity contribution in [2.75, 3.05) is 14.2 Å². The van der Waals surface area contributed by atoms with Crippen LogP contribution in [-0.2, 0) is 9.53 Å². The van der Waals surface area contributed by atoms with Crippen LogP contribution in [-0.4, -0.2) is 30.9 Å². The first-order valence-electron chi connectivity index (χ1n) is 11.1. The molecule has 0 unspecified atom stereocenters. The molecule has 2 aliphatic rings. The number of aromatic nitrogens is 1. The smallest absolute Gasteiger partial charge is 0.338 e. The van der Waals surface area contributed by atoms with Crippen molar-refractivity contribution in [1.29, 1.82) is 0 Å². The Hall–Kier alpha value is -3.91. The molecule has 0 saturated carbocycles. The third kappa shape index (κ3) is 4.00. The summed E-state index contributed by atoms with van der Waals surface area (Å²) in [6.45, 7) is 3.71. The van der Waals surface area contributed by atoms with Crippen LogP contribution in [0.4, 0.5) is 0 Å². The molecule has 0 amide bonds. The number of fused-ring (bicyclic) bond motifs is 2. The summed E-state index contributed by atoms with van der Waals surface area (Å²) in [5.41, 5.74) is 3.24. The molecule has 2 atom stereocenters. The first kappa shape index (κ1) is 22.9. The number of hydrogen-bond donors (Lipinski definition) is 0. The number of ether oxygens (including phenoxy) is 3. The van der Waals surface area contributed by atoms with Crippen molar-refractivity contribution in [3.05, 3.63) is 96.2 Å². The molecule has 0 fully saturated rings. The fourth-order valence-electron chi connectivity index (χ4n) is 4.37. The molecule has 0 bridgehead atoms. The zero-order valence-electron chi connectivity index (χ0n) is 19.8. The van der Waals surface area contributed by atoms with Crippen LogP contribution in [0.3, 0.4) is 0 Å². The third-order valence-electron chi connectivity index (χ3n) is 6.17. The fourth-order valence-corrected chi connectivity index (χ4v) is 5.41. The highest BCUT2D eigenvalue weighted by atomic mass is 32.1. The molecule has 2 aliphatic heterocycles. The number of thiazole rings is 1. The Morgan fingerprint density at radius 2 is 1.89 bits per heavy atom. The molecule has 3 heterocycles. The molecule has 2 aromatic carbocycles. The quantitative estimate of drug-likeness (QED) is 0.527. The van der Waals surface area contributed by atoms with Crippen LogP contribution >= 0.6 is 11.3 Å². The standard InChI is InChI=1S/C27H24N2O5S/c1-15-23(26(31)33-4)24(17-9-11-20(32-3)12-10-17)29-25(30)22(35-27(29)28-15)14-19-13-18-7-5-6-8-21(18)34-16(19)2/h5-14,16,24H,1-4H3/b22-14+/t16-,24-/m1/s1. The highest BCUT2D eigenvalue weighted by Crippen LogP contribution is 2.32. The second kappa shape index (κ2) is 9.03. The van der Waals surface area contributed by atoms with Gasteiger partial charge in [-0.15, -0.1) is 0 Å². The van der Waals surface area contributed by atoms with Crippen molar-refractivity contribution in [3.8, 4) is 11.5 Å². The van der Waals surface area contributed by atoms with Gasteiger partial charge in [-0.2, -0.15) is 0 Å². The monoisotopic (exact) mass is 488 g/mol. The number of rotatable bonds is 4. The topological polar surface area (TPSA) is 79.1 Å². The first-order chi connectivity index (χ1) is 16.9. The van der Waals surface area contributed by atoms with Gasteiger partial charge in [0, 0.05) is 5.56 Å². The summed E-state index contributed by atoms with van der Waals surface area (Å²) >= 11 is 1.29. The van der Waals surface area contributed by atoms with E-state index in [4.69, 9.17) is 14.2 Å². The Bertz CT molecular complexity index is 1560. The minimum absolute atomic E-state index is 0.215. The summed E-state index contributed by atoms with van der Waals surface area (Å²) in [5.74, 6) is 0.978. The third-order valence-corrected chi connectivity index (χ3v) is 7.15. The molecular formula is C27H24N2O5S. The molecule has 0 N–H and O–H groups in total. The number of nitrogens with zero attached hydrogens (tertiary/aromatic N) is 2. The zero-order chi connectivity index (χ0) is 24.7. The van der Waals surface area contributed by atoms with Crippen LogP contribution in [0.2, 0.25) is 0 Å². The SMILES string of the molecule is COC(=O)C1=C(C)N=c2s/c(=C/C3=Cc4ccccc4O[C@@H]3C)c(=O)n2[C@@H]1c1ccc(OC)cc1. The van der Waals surface area contributed by atoms with Crippen molar-refractivity contribution in [2.24, 2.45) is 4.99 Å². The number of benzene rings is 2. The number of hydrogen-bond acceptors (Lipinski definition) is 7. The Labute approximate surface area is 205 Å². The number of allylic oxidation sites excluding steroid dienone is 1. The first-order valence-corrected chi connectivity index (χ1v) is 11.9. The Kier molecular flexibility index (Phi) is 5.90. The van der Waals surface area contributed by atoms with E-state index in [9.17, 15) is 9.59 Å². The lowest BCUT2D eigenvalue weighted by Gasteiger charge is -2.24. The van der Waals surface area contributed by atoms with E-state index in [2.05, 4.69) is 4.99 Å². The minimum atomic E-state index is -0.665. The number of carbonyl (C=O) groups excluding carboxylic acids is 1. The highest BCUT2D eigenvalue weighted by Gasteiger charge is 2.33. The molecule has 0 spiro atoms. The van der Waals surface area contributed by atoms with Gasteiger partial charge >= 0.3 is 5.97 Å². The summed E-state index contributed by atoms with van der Waals surface area (Å²) in [4.78, 5) is 31.6. The predicted octanol–water partition coefficient (Wildman–Crippen LogP) is 3.23. The zero-order valence-corrected chi connectivity index (χ0v) is 20.6. The van der Waals surface area contributed by atoms with E-state index in [1.807, 2.05) is 55.5 Å². The van der Waals surface area contributed by atoms with E-state index < -0.39 is 12.0 Å². The Morgan fingerprint density at radius 3 is 2.60 bits per heavy atom. The fraction of sp³-hybridized carbons (Fsp3) is 0.222. The van der Waals surface area contributed by atoms with Crippen molar-refractivity contribution in [1.82, 2.24) is 4.57 Å². The van der Waals surface area contributed by atoms with E-state index in [-0.39, 0.29) is 11.7 Å². The molecule has 3 aromatic rings. The molecule has 5 rings (SSSR count). The summed E-state index contributed by atoms with van der Waals surface area (Å²) < 4.78 is 18.5. The summed E-state index contributed by atoms with van der Waals surface area (Å²) in [5, 5.41) is 0. The second-order valence-electron chi connectivity index (χ2n) is 8.29. The van der Waals surface area contributed by atoms with Crippen LogP contribution in [0.1, 0.15) is 31.0 Å². The molecule has 7 nitrogen and oxygen atoms in total. The van der Waals surface area contributed by atoms with Gasteiger partial charge in [0.15, 0.2) is 4.80 Å². The highest BCUT2D eigenvalue weighted by molar-refractivity contribution is 7.07. The van der Waals surface area contributed by atoms with Crippen molar-refractivity contribution >= 4 is 29.5 Å². The van der Waals surface area contributed by atoms with Crippen LogP contribution in [0.5, 0.6) is 11.5 Å². The molecular weight excluding hydrogens is 464 g/mol. The van der Waals surface area contributed by atoms with Gasteiger partial charge in [-0.1, -0.05) is 41.7 Å². The second-order valence-corrected chi connectivity index (χ2v) is 9.30. The average Bonchev–Trinajstić information content (AvgIpc) is 3.17. The van der Waals surface area contributed by atoms with Gasteiger partial charge in [0.25, 0.3) is 5.56 Å². The van der Waals surface area contributed by atoms with Crippen molar-refractivity contribution in [2.45, 2.75) is 26.0 Å². The lowest BCUT2D eigenvalue weighted by atomic mass is 9.96. The maximum absolute atomic E-state index is 13.7. The van der Waals surface area contributed by atoms with Gasteiger partial charge in [-0.05, 0) is 55.3 Å². The lowest BCUT2D eigenvalue weighted by Crippen LogP contribution is -2.40. The van der Waals surface area contributed by atoms with Gasteiger partial charge in [-0.25, -0.2) is 9.79 Å². The van der Waals surface area contributed by atoms with E-state index in [0.717, 1.165) is 22.4 Å². The molecule has 1 aromatic heterocycles. The maximum Gasteiger partial charge on any atom is 0.338 e. The van der Waals surface area contributed by atoms with Crippen LogP contribution in [0, 0.1) is 0 Å². The number of methoxy groups -OCH3 is 2. The van der Waals surface area contributed by atoms with Gasteiger partial charge in [0.2, 0.25) is 0 Å². The van der Waals surface area contributed by atoms with Crippen LogP contribution in [0.15, 0.2) is 75.2 Å². The summed E-state index contributed by atoms with van der Waals surface area (Å²) in [6.07, 6.45) is 3.67. The Morgan fingerprint density at radius 1 is 1.14 bits per heavy atom. The molecule has 35 heavy (non-hydrogen) atoms. The number of para-hydroxylation sites is 1. The molecule has 178 valence electrons. The molecule has 0 aliphatic carbocycles. The summed E-state index contributed by atoms with van der Waals surface area (Å²) in [7, 11) is 2.92. The average molecular weight is 489 g/mol. The van der Waals surface area contributed by atoms with E-state index in [1.54, 1.807) is 30.7 Å². The molecule has 8 heteroatoms. The maximum atomic E-state index is 13.7.